The summed E-state index contributed by atoms with van der Waals surface area (Å²) in [4.78, 5) is 11.9. The number of carbonyl (C=O) groups excluding carboxylic acids is 1. The quantitative estimate of drug-likeness (QED) is 0.821. The number of aryl methyl sites for hydroxylation is 1. The molecular weight excluding hydrogens is 245 g/mol. The van der Waals surface area contributed by atoms with Gasteiger partial charge in [-0.25, -0.2) is 0 Å². The van der Waals surface area contributed by atoms with E-state index in [4.69, 9.17) is 23.2 Å². The van der Waals surface area contributed by atoms with Gasteiger partial charge in [0, 0.05) is 5.88 Å². The minimum Gasteiger partial charge on any atom is -0.324 e. The largest absolute Gasteiger partial charge is 0.324 e. The summed E-state index contributed by atoms with van der Waals surface area (Å²) >= 11 is 11.7. The number of nitrogens with one attached hydrogen (secondary N) is 1. The second-order valence-electron chi connectivity index (χ2n) is 4.45. The lowest BCUT2D eigenvalue weighted by atomic mass is 9.95. The highest BCUT2D eigenvalue weighted by Crippen LogP contribution is 2.26. The molecule has 0 aliphatic carbocycles. The van der Waals surface area contributed by atoms with Crippen LogP contribution in [0.4, 0.5) is 5.69 Å². The van der Waals surface area contributed by atoms with Crippen LogP contribution in [-0.2, 0) is 4.79 Å². The minimum absolute atomic E-state index is 0.130. The van der Waals surface area contributed by atoms with Crippen LogP contribution in [0.2, 0.25) is 5.02 Å². The molecule has 0 fully saturated rings. The van der Waals surface area contributed by atoms with E-state index in [9.17, 15) is 4.79 Å². The Kier molecular flexibility index (Phi) is 4.22. The summed E-state index contributed by atoms with van der Waals surface area (Å²) in [6, 6.07) is 5.50. The van der Waals surface area contributed by atoms with Crippen LogP contribution in [0.1, 0.15) is 19.4 Å². The highest BCUT2D eigenvalue weighted by atomic mass is 35.5. The van der Waals surface area contributed by atoms with Crippen LogP contribution in [0.3, 0.4) is 0 Å². The summed E-state index contributed by atoms with van der Waals surface area (Å²) in [6.45, 7) is 5.52. The summed E-state index contributed by atoms with van der Waals surface area (Å²) in [5.41, 5.74) is 1.07. The molecular formula is C12H15Cl2NO. The van der Waals surface area contributed by atoms with E-state index in [1.807, 2.05) is 19.1 Å². The number of amides is 1. The maximum Gasteiger partial charge on any atom is 0.231 e. The number of halogens is 2. The van der Waals surface area contributed by atoms with E-state index < -0.39 is 5.41 Å². The van der Waals surface area contributed by atoms with Crippen LogP contribution in [0.25, 0.3) is 0 Å². The molecule has 0 saturated heterocycles. The zero-order valence-corrected chi connectivity index (χ0v) is 11.1. The Balaban J connectivity index is 2.89. The van der Waals surface area contributed by atoms with Gasteiger partial charge >= 0.3 is 0 Å². The van der Waals surface area contributed by atoms with Gasteiger partial charge in [0.2, 0.25) is 5.91 Å². The molecule has 0 heterocycles. The molecule has 1 amide bonds. The lowest BCUT2D eigenvalue weighted by Crippen LogP contribution is -2.32. The molecule has 2 nitrogen and oxygen atoms in total. The standard InChI is InChI=1S/C12H15Cl2NO/c1-8-4-5-9(14)10(6-8)15-11(16)12(2,3)7-13/h4-6H,7H2,1-3H3,(H,15,16). The molecule has 0 aromatic heterocycles. The number of anilines is 1. The highest BCUT2D eigenvalue weighted by molar-refractivity contribution is 6.33. The molecule has 0 unspecified atom stereocenters. The molecule has 1 N–H and O–H groups in total. The van der Waals surface area contributed by atoms with Crippen molar-refractivity contribution in [2.24, 2.45) is 5.41 Å². The third-order valence-corrected chi connectivity index (χ3v) is 3.32. The first-order chi connectivity index (χ1) is 7.36. The summed E-state index contributed by atoms with van der Waals surface area (Å²) < 4.78 is 0. The van der Waals surface area contributed by atoms with E-state index >= 15 is 0 Å². The van der Waals surface area contributed by atoms with Gasteiger partial charge in [0.1, 0.15) is 0 Å². The molecule has 0 radical (unpaired) electrons. The first-order valence-electron chi connectivity index (χ1n) is 5.00. The van der Waals surface area contributed by atoms with Crippen molar-refractivity contribution in [3.05, 3.63) is 28.8 Å². The number of benzene rings is 1. The maximum absolute atomic E-state index is 11.9. The summed E-state index contributed by atoms with van der Waals surface area (Å²) in [6.07, 6.45) is 0. The van der Waals surface area contributed by atoms with Gasteiger partial charge in [-0.15, -0.1) is 11.6 Å². The third kappa shape index (κ3) is 3.13. The van der Waals surface area contributed by atoms with E-state index in [0.29, 0.717) is 10.7 Å². The average Bonchev–Trinajstić information content (AvgIpc) is 2.23. The average molecular weight is 260 g/mol. The Labute approximate surface area is 106 Å². The Morgan fingerprint density at radius 1 is 1.44 bits per heavy atom. The number of hydrogen-bond acceptors (Lipinski definition) is 1. The fourth-order valence-corrected chi connectivity index (χ4v) is 1.37. The van der Waals surface area contributed by atoms with Crippen LogP contribution in [0.15, 0.2) is 18.2 Å². The Bertz CT molecular complexity index is 402. The van der Waals surface area contributed by atoms with Crippen molar-refractivity contribution in [2.45, 2.75) is 20.8 Å². The van der Waals surface area contributed by atoms with E-state index in [-0.39, 0.29) is 11.8 Å². The predicted octanol–water partition coefficient (Wildman–Crippen LogP) is 3.85. The number of carbonyl (C=O) groups is 1. The van der Waals surface area contributed by atoms with E-state index in [2.05, 4.69) is 5.32 Å². The van der Waals surface area contributed by atoms with E-state index in [1.54, 1.807) is 19.9 Å². The third-order valence-electron chi connectivity index (χ3n) is 2.32. The fourth-order valence-electron chi connectivity index (χ4n) is 1.09. The summed E-state index contributed by atoms with van der Waals surface area (Å²) in [7, 11) is 0. The van der Waals surface area contributed by atoms with Crippen LogP contribution < -0.4 is 5.32 Å². The molecule has 16 heavy (non-hydrogen) atoms. The van der Waals surface area contributed by atoms with Crippen molar-refractivity contribution in [3.63, 3.8) is 0 Å². The Hall–Kier alpha value is -0.730. The SMILES string of the molecule is Cc1ccc(Cl)c(NC(=O)C(C)(C)CCl)c1. The van der Waals surface area contributed by atoms with Crippen LogP contribution >= 0.6 is 23.2 Å². The lowest BCUT2D eigenvalue weighted by molar-refractivity contribution is -0.122. The molecule has 1 rings (SSSR count). The first-order valence-corrected chi connectivity index (χ1v) is 5.91. The predicted molar refractivity (Wildman–Crippen MR) is 69.3 cm³/mol. The zero-order valence-electron chi connectivity index (χ0n) is 9.60. The Morgan fingerprint density at radius 2 is 2.06 bits per heavy atom. The number of rotatable bonds is 3. The molecule has 4 heteroatoms. The fraction of sp³-hybridized carbons (Fsp3) is 0.417. The number of hydrogen-bond donors (Lipinski definition) is 1. The molecule has 1 aromatic carbocycles. The topological polar surface area (TPSA) is 29.1 Å². The van der Waals surface area contributed by atoms with Gasteiger partial charge in [-0.05, 0) is 38.5 Å². The molecule has 0 spiro atoms. The highest BCUT2D eigenvalue weighted by Gasteiger charge is 2.26. The van der Waals surface area contributed by atoms with Gasteiger partial charge in [-0.1, -0.05) is 17.7 Å². The van der Waals surface area contributed by atoms with Gasteiger partial charge in [-0.3, -0.25) is 4.79 Å². The normalized spacial score (nSPS) is 11.3. The monoisotopic (exact) mass is 259 g/mol. The molecule has 0 aliphatic heterocycles. The molecule has 0 bridgehead atoms. The molecule has 1 aromatic rings. The molecule has 0 saturated carbocycles. The van der Waals surface area contributed by atoms with Crippen molar-refractivity contribution in [2.75, 3.05) is 11.2 Å². The van der Waals surface area contributed by atoms with Crippen molar-refractivity contribution >= 4 is 34.8 Å². The van der Waals surface area contributed by atoms with Gasteiger partial charge in [-0.2, -0.15) is 0 Å². The first kappa shape index (κ1) is 13.3. The van der Waals surface area contributed by atoms with Gasteiger partial charge < -0.3 is 5.32 Å². The van der Waals surface area contributed by atoms with Crippen molar-refractivity contribution in [1.82, 2.24) is 0 Å². The second kappa shape index (κ2) is 5.07. The van der Waals surface area contributed by atoms with Crippen LogP contribution in [-0.4, -0.2) is 11.8 Å². The van der Waals surface area contributed by atoms with E-state index in [0.717, 1.165) is 5.56 Å². The zero-order chi connectivity index (χ0) is 12.3. The van der Waals surface area contributed by atoms with Gasteiger partial charge in [0.05, 0.1) is 16.1 Å². The maximum atomic E-state index is 11.9. The number of alkyl halides is 1. The van der Waals surface area contributed by atoms with Crippen LogP contribution in [0, 0.1) is 12.3 Å². The Morgan fingerprint density at radius 3 is 2.62 bits per heavy atom. The van der Waals surface area contributed by atoms with E-state index in [1.165, 1.54) is 0 Å². The van der Waals surface area contributed by atoms with Gasteiger partial charge in [0.15, 0.2) is 0 Å². The second-order valence-corrected chi connectivity index (χ2v) is 5.13. The van der Waals surface area contributed by atoms with Crippen molar-refractivity contribution in [3.8, 4) is 0 Å². The van der Waals surface area contributed by atoms with Crippen molar-refractivity contribution in [1.29, 1.82) is 0 Å². The molecule has 88 valence electrons. The molecule has 0 atom stereocenters. The van der Waals surface area contributed by atoms with Gasteiger partial charge in [0.25, 0.3) is 0 Å². The lowest BCUT2D eigenvalue weighted by Gasteiger charge is -2.20. The summed E-state index contributed by atoms with van der Waals surface area (Å²) in [5.74, 6) is 0.137. The smallest absolute Gasteiger partial charge is 0.231 e. The molecule has 0 aliphatic rings. The van der Waals surface area contributed by atoms with Crippen LogP contribution in [0.5, 0.6) is 0 Å². The minimum atomic E-state index is -0.603. The summed E-state index contributed by atoms with van der Waals surface area (Å²) in [5, 5.41) is 3.32. The van der Waals surface area contributed by atoms with Crippen molar-refractivity contribution < 1.29 is 4.79 Å².